The maximum absolute atomic E-state index is 11.6. The minimum absolute atomic E-state index is 0.0337. The van der Waals surface area contributed by atoms with Crippen molar-refractivity contribution in [2.45, 2.75) is 33.2 Å². The fourth-order valence-electron chi connectivity index (χ4n) is 1.69. The number of carbonyl (C=O) groups excluding carboxylic acids is 1. The Bertz CT molecular complexity index is 418. The van der Waals surface area contributed by atoms with E-state index in [0.717, 1.165) is 5.82 Å². The molecule has 0 aliphatic rings. The molecule has 1 aromatic rings. The maximum atomic E-state index is 11.6. The molecule has 0 atom stereocenters. The molecule has 0 fully saturated rings. The van der Waals surface area contributed by atoms with E-state index in [0.29, 0.717) is 12.1 Å². The van der Waals surface area contributed by atoms with E-state index in [-0.39, 0.29) is 11.3 Å². The Morgan fingerprint density at radius 3 is 2.65 bits per heavy atom. The lowest BCUT2D eigenvalue weighted by Crippen LogP contribution is -2.42. The number of anilines is 1. The van der Waals surface area contributed by atoms with Crippen LogP contribution in [0.2, 0.25) is 0 Å². The molecule has 0 radical (unpaired) electrons. The number of aromatic nitrogens is 1. The van der Waals surface area contributed by atoms with Crippen LogP contribution in [0.3, 0.4) is 0 Å². The molecular formula is C14H20N2O. The van der Waals surface area contributed by atoms with Crippen molar-refractivity contribution in [3.05, 3.63) is 36.5 Å². The molecule has 0 aliphatic carbocycles. The van der Waals surface area contributed by atoms with Gasteiger partial charge in [-0.15, -0.1) is 6.58 Å². The highest BCUT2D eigenvalue weighted by Gasteiger charge is 2.24. The second-order valence-electron chi connectivity index (χ2n) is 5.00. The lowest BCUT2D eigenvalue weighted by Gasteiger charge is -2.36. The smallest absolute Gasteiger partial charge is 0.163 e. The third-order valence-corrected chi connectivity index (χ3v) is 2.54. The van der Waals surface area contributed by atoms with Crippen LogP contribution in [-0.4, -0.2) is 22.9 Å². The van der Waals surface area contributed by atoms with E-state index >= 15 is 0 Å². The van der Waals surface area contributed by atoms with Crippen LogP contribution in [0.15, 0.2) is 31.0 Å². The van der Waals surface area contributed by atoms with Gasteiger partial charge in [-0.3, -0.25) is 4.79 Å². The van der Waals surface area contributed by atoms with E-state index in [4.69, 9.17) is 0 Å². The van der Waals surface area contributed by atoms with Crippen LogP contribution in [0.5, 0.6) is 0 Å². The normalized spacial score (nSPS) is 11.1. The van der Waals surface area contributed by atoms with Gasteiger partial charge in [-0.1, -0.05) is 6.08 Å². The van der Waals surface area contributed by atoms with Gasteiger partial charge in [0, 0.05) is 18.3 Å². The van der Waals surface area contributed by atoms with Crippen LogP contribution in [0.1, 0.15) is 38.1 Å². The monoisotopic (exact) mass is 232 g/mol. The second kappa shape index (κ2) is 5.13. The van der Waals surface area contributed by atoms with Gasteiger partial charge in [0.05, 0.1) is 5.56 Å². The van der Waals surface area contributed by atoms with Gasteiger partial charge in [0.15, 0.2) is 5.78 Å². The average Bonchev–Trinajstić information content (AvgIpc) is 2.24. The molecule has 1 rings (SSSR count). The number of hydrogen-bond donors (Lipinski definition) is 0. The molecule has 17 heavy (non-hydrogen) atoms. The summed E-state index contributed by atoms with van der Waals surface area (Å²) in [7, 11) is 0. The van der Waals surface area contributed by atoms with Crippen LogP contribution in [0, 0.1) is 0 Å². The maximum Gasteiger partial charge on any atom is 0.163 e. The zero-order chi connectivity index (χ0) is 13.1. The zero-order valence-corrected chi connectivity index (χ0v) is 11.0. The fourth-order valence-corrected chi connectivity index (χ4v) is 1.69. The van der Waals surface area contributed by atoms with Gasteiger partial charge in [-0.25, -0.2) is 4.98 Å². The van der Waals surface area contributed by atoms with E-state index in [1.165, 1.54) is 0 Å². The second-order valence-corrected chi connectivity index (χ2v) is 5.00. The minimum atomic E-state index is -0.104. The van der Waals surface area contributed by atoms with E-state index < -0.39 is 0 Å². The van der Waals surface area contributed by atoms with Crippen LogP contribution in [0.25, 0.3) is 0 Å². The molecule has 0 bridgehead atoms. The molecular weight excluding hydrogens is 212 g/mol. The number of nitrogens with zero attached hydrogens (tertiary/aromatic N) is 2. The van der Waals surface area contributed by atoms with Gasteiger partial charge in [0.2, 0.25) is 0 Å². The molecule has 0 saturated heterocycles. The molecule has 0 aliphatic heterocycles. The molecule has 0 aromatic carbocycles. The number of pyridine rings is 1. The number of ketones is 1. The Morgan fingerprint density at radius 1 is 1.53 bits per heavy atom. The highest BCUT2D eigenvalue weighted by Crippen LogP contribution is 2.25. The fraction of sp³-hybridized carbons (Fsp3) is 0.429. The third kappa shape index (κ3) is 3.16. The van der Waals surface area contributed by atoms with Gasteiger partial charge < -0.3 is 4.90 Å². The Balaban J connectivity index is 3.27. The Hall–Kier alpha value is -1.64. The SMILES string of the molecule is C=CCN(c1ncccc1C(C)=O)C(C)(C)C. The first-order chi connectivity index (χ1) is 7.88. The number of hydrogen-bond acceptors (Lipinski definition) is 3. The summed E-state index contributed by atoms with van der Waals surface area (Å²) in [4.78, 5) is 18.0. The Labute approximate surface area is 103 Å². The van der Waals surface area contributed by atoms with Crippen molar-refractivity contribution in [1.82, 2.24) is 4.98 Å². The summed E-state index contributed by atoms with van der Waals surface area (Å²) in [6, 6.07) is 3.60. The number of carbonyl (C=O) groups is 1. The molecule has 1 aromatic heterocycles. The molecule has 92 valence electrons. The van der Waals surface area contributed by atoms with Gasteiger partial charge in [-0.05, 0) is 39.8 Å². The lowest BCUT2D eigenvalue weighted by atomic mass is 10.0. The van der Waals surface area contributed by atoms with E-state index in [9.17, 15) is 4.79 Å². The molecule has 0 amide bonds. The lowest BCUT2D eigenvalue weighted by molar-refractivity contribution is 0.101. The molecule has 0 saturated carbocycles. The molecule has 3 nitrogen and oxygen atoms in total. The van der Waals surface area contributed by atoms with Crippen molar-refractivity contribution in [3.8, 4) is 0 Å². The first-order valence-corrected chi connectivity index (χ1v) is 5.72. The van der Waals surface area contributed by atoms with E-state index in [1.807, 2.05) is 12.1 Å². The van der Waals surface area contributed by atoms with Crippen molar-refractivity contribution in [2.24, 2.45) is 0 Å². The van der Waals surface area contributed by atoms with Crippen molar-refractivity contribution >= 4 is 11.6 Å². The van der Waals surface area contributed by atoms with Gasteiger partial charge in [-0.2, -0.15) is 0 Å². The summed E-state index contributed by atoms with van der Waals surface area (Å²) < 4.78 is 0. The van der Waals surface area contributed by atoms with Crippen LogP contribution in [-0.2, 0) is 0 Å². The first kappa shape index (κ1) is 13.4. The predicted octanol–water partition coefficient (Wildman–Crippen LogP) is 3.08. The topological polar surface area (TPSA) is 33.2 Å². The average molecular weight is 232 g/mol. The van der Waals surface area contributed by atoms with Gasteiger partial charge in [0.1, 0.15) is 5.82 Å². The van der Waals surface area contributed by atoms with Crippen LogP contribution in [0.4, 0.5) is 5.82 Å². The summed E-state index contributed by atoms with van der Waals surface area (Å²) in [5.41, 5.74) is 0.552. The summed E-state index contributed by atoms with van der Waals surface area (Å²) in [6.07, 6.45) is 3.54. The zero-order valence-electron chi connectivity index (χ0n) is 11.0. The summed E-state index contributed by atoms with van der Waals surface area (Å²) in [5.74, 6) is 0.763. The summed E-state index contributed by atoms with van der Waals surface area (Å²) in [5, 5.41) is 0. The standard InChI is InChI=1S/C14H20N2O/c1-6-10-16(14(3,4)5)13-12(11(2)17)8-7-9-15-13/h6-9H,1,10H2,2-5H3. The molecule has 3 heteroatoms. The molecule has 0 spiro atoms. The summed E-state index contributed by atoms with van der Waals surface area (Å²) in [6.45, 7) is 12.3. The number of Topliss-reactive ketones (excluding diaryl/α,β-unsaturated/α-hetero) is 1. The summed E-state index contributed by atoms with van der Waals surface area (Å²) >= 11 is 0. The first-order valence-electron chi connectivity index (χ1n) is 5.72. The minimum Gasteiger partial charge on any atom is -0.347 e. The molecule has 1 heterocycles. The Kier molecular flexibility index (Phi) is 4.05. The quantitative estimate of drug-likeness (QED) is 0.591. The van der Waals surface area contributed by atoms with Gasteiger partial charge >= 0.3 is 0 Å². The van der Waals surface area contributed by atoms with E-state index in [2.05, 4.69) is 37.2 Å². The largest absolute Gasteiger partial charge is 0.347 e. The van der Waals surface area contributed by atoms with Crippen molar-refractivity contribution in [2.75, 3.05) is 11.4 Å². The third-order valence-electron chi connectivity index (χ3n) is 2.54. The van der Waals surface area contributed by atoms with Crippen molar-refractivity contribution in [1.29, 1.82) is 0 Å². The van der Waals surface area contributed by atoms with Crippen molar-refractivity contribution in [3.63, 3.8) is 0 Å². The van der Waals surface area contributed by atoms with E-state index in [1.54, 1.807) is 19.2 Å². The molecule has 0 unspecified atom stereocenters. The molecule has 0 N–H and O–H groups in total. The highest BCUT2D eigenvalue weighted by atomic mass is 16.1. The van der Waals surface area contributed by atoms with Crippen LogP contribution >= 0.6 is 0 Å². The van der Waals surface area contributed by atoms with Crippen LogP contribution < -0.4 is 4.90 Å². The Morgan fingerprint density at radius 2 is 2.18 bits per heavy atom. The highest BCUT2D eigenvalue weighted by molar-refractivity contribution is 5.98. The van der Waals surface area contributed by atoms with Crippen molar-refractivity contribution < 1.29 is 4.79 Å². The predicted molar refractivity (Wildman–Crippen MR) is 71.5 cm³/mol. The van der Waals surface area contributed by atoms with Gasteiger partial charge in [0.25, 0.3) is 0 Å². The number of rotatable bonds is 4.